The maximum atomic E-state index is 13.0. The second-order valence-electron chi connectivity index (χ2n) is 7.61. The van der Waals surface area contributed by atoms with Crippen LogP contribution in [0.4, 0.5) is 11.4 Å². The van der Waals surface area contributed by atoms with Gasteiger partial charge in [-0.1, -0.05) is 0 Å². The average Bonchev–Trinajstić information content (AvgIpc) is 3.49. The van der Waals surface area contributed by atoms with Crippen molar-refractivity contribution in [2.24, 2.45) is 0 Å². The summed E-state index contributed by atoms with van der Waals surface area (Å²) in [7, 11) is 0. The highest BCUT2D eigenvalue weighted by molar-refractivity contribution is 5.98. The van der Waals surface area contributed by atoms with E-state index < -0.39 is 5.97 Å². The summed E-state index contributed by atoms with van der Waals surface area (Å²) in [4.78, 5) is 27.7. The third-order valence-corrected chi connectivity index (χ3v) is 5.66. The molecular weight excluding hydrogens is 342 g/mol. The number of fused-ring (bicyclic) bond motifs is 1. The van der Waals surface area contributed by atoms with Crippen LogP contribution in [0, 0.1) is 6.92 Å². The fourth-order valence-electron chi connectivity index (χ4n) is 4.27. The van der Waals surface area contributed by atoms with E-state index in [-0.39, 0.29) is 17.6 Å². The van der Waals surface area contributed by atoms with Gasteiger partial charge < -0.3 is 19.9 Å². The zero-order chi connectivity index (χ0) is 19.1. The lowest BCUT2D eigenvalue weighted by molar-refractivity contribution is 0.0524. The third-order valence-electron chi connectivity index (χ3n) is 5.66. The van der Waals surface area contributed by atoms with Crippen LogP contribution < -0.4 is 16.1 Å². The molecule has 2 aromatic rings. The maximum Gasteiger partial charge on any atom is 0.343 e. The van der Waals surface area contributed by atoms with Crippen molar-refractivity contribution in [1.82, 2.24) is 4.57 Å². The van der Waals surface area contributed by atoms with E-state index in [9.17, 15) is 9.59 Å². The SMILES string of the molecule is CCOC(=O)c1cn(C2CC2)c2c(C)c(N3CCCCC3)c(N)cc2c1=O. The van der Waals surface area contributed by atoms with Gasteiger partial charge in [0.15, 0.2) is 0 Å². The van der Waals surface area contributed by atoms with Gasteiger partial charge in [-0.3, -0.25) is 4.79 Å². The zero-order valence-corrected chi connectivity index (χ0v) is 16.1. The number of nitrogens with zero attached hydrogens (tertiary/aromatic N) is 2. The standard InChI is InChI=1S/C21H27N3O3/c1-3-27-21(26)16-12-24(14-7-8-14)18-13(2)19(23-9-5-4-6-10-23)17(22)11-15(18)20(16)25/h11-12,14H,3-10,22H2,1-2H3. The Kier molecular flexibility index (Phi) is 4.58. The van der Waals surface area contributed by atoms with Gasteiger partial charge in [0, 0.05) is 30.7 Å². The Bertz CT molecular complexity index is 954. The molecule has 0 bridgehead atoms. The number of hydrogen-bond donors (Lipinski definition) is 1. The molecule has 2 heterocycles. The molecule has 2 fully saturated rings. The number of aromatic nitrogens is 1. The average molecular weight is 369 g/mol. The molecule has 4 rings (SSSR count). The van der Waals surface area contributed by atoms with Crippen molar-refractivity contribution in [2.45, 2.75) is 52.0 Å². The Balaban J connectivity index is 1.96. The van der Waals surface area contributed by atoms with Gasteiger partial charge >= 0.3 is 5.97 Å². The molecule has 0 atom stereocenters. The smallest absolute Gasteiger partial charge is 0.343 e. The fraction of sp³-hybridized carbons (Fsp3) is 0.524. The lowest BCUT2D eigenvalue weighted by Crippen LogP contribution is -2.31. The molecule has 2 aliphatic rings. The van der Waals surface area contributed by atoms with Crippen molar-refractivity contribution in [1.29, 1.82) is 0 Å². The Morgan fingerprint density at radius 2 is 1.96 bits per heavy atom. The van der Waals surface area contributed by atoms with Crippen molar-refractivity contribution in [3.63, 3.8) is 0 Å². The fourth-order valence-corrected chi connectivity index (χ4v) is 4.27. The van der Waals surface area contributed by atoms with Crippen LogP contribution in [0.1, 0.15) is 61.0 Å². The molecule has 1 saturated carbocycles. The quantitative estimate of drug-likeness (QED) is 0.660. The second-order valence-corrected chi connectivity index (χ2v) is 7.61. The Morgan fingerprint density at radius 1 is 1.26 bits per heavy atom. The molecular formula is C21H27N3O3. The van der Waals surface area contributed by atoms with E-state index in [4.69, 9.17) is 10.5 Å². The van der Waals surface area contributed by atoms with Crippen molar-refractivity contribution >= 4 is 28.2 Å². The number of hydrogen-bond acceptors (Lipinski definition) is 5. The predicted octanol–water partition coefficient (Wildman–Crippen LogP) is 3.39. The lowest BCUT2D eigenvalue weighted by Gasteiger charge is -2.32. The van der Waals surface area contributed by atoms with E-state index in [1.165, 1.54) is 6.42 Å². The van der Waals surface area contributed by atoms with E-state index in [1.54, 1.807) is 19.2 Å². The first-order chi connectivity index (χ1) is 13.0. The molecule has 0 unspecified atom stereocenters. The summed E-state index contributed by atoms with van der Waals surface area (Å²) in [5.74, 6) is -0.560. The summed E-state index contributed by atoms with van der Waals surface area (Å²) in [5.41, 5.74) is 9.81. The molecule has 144 valence electrons. The number of carbonyl (C=O) groups excluding carboxylic acids is 1. The van der Waals surface area contributed by atoms with Gasteiger partial charge in [0.1, 0.15) is 5.56 Å². The van der Waals surface area contributed by atoms with Crippen LogP contribution in [0.3, 0.4) is 0 Å². The number of esters is 1. The Labute approximate surface area is 158 Å². The van der Waals surface area contributed by atoms with E-state index in [0.29, 0.717) is 17.1 Å². The minimum atomic E-state index is -0.560. The number of nitrogen functional groups attached to an aromatic ring is 1. The van der Waals surface area contributed by atoms with Crippen molar-refractivity contribution in [3.05, 3.63) is 33.6 Å². The molecule has 2 N–H and O–H groups in total. The van der Waals surface area contributed by atoms with E-state index in [0.717, 1.165) is 55.5 Å². The first-order valence-electron chi connectivity index (χ1n) is 9.93. The number of carbonyl (C=O) groups is 1. The molecule has 6 heteroatoms. The summed E-state index contributed by atoms with van der Waals surface area (Å²) in [6, 6.07) is 2.09. The molecule has 1 aromatic heterocycles. The number of aryl methyl sites for hydroxylation is 1. The van der Waals surface area contributed by atoms with Gasteiger partial charge in [0.25, 0.3) is 0 Å². The molecule has 1 saturated heterocycles. The Hall–Kier alpha value is -2.50. The predicted molar refractivity (Wildman–Crippen MR) is 108 cm³/mol. The van der Waals surface area contributed by atoms with Gasteiger partial charge in [-0.25, -0.2) is 4.79 Å². The minimum absolute atomic E-state index is 0.0979. The number of ether oxygens (including phenoxy) is 1. The van der Waals surface area contributed by atoms with Gasteiger partial charge in [0.2, 0.25) is 5.43 Å². The van der Waals surface area contributed by atoms with Crippen molar-refractivity contribution < 1.29 is 9.53 Å². The van der Waals surface area contributed by atoms with Crippen LogP contribution in [0.25, 0.3) is 10.9 Å². The largest absolute Gasteiger partial charge is 0.462 e. The minimum Gasteiger partial charge on any atom is -0.462 e. The van der Waals surface area contributed by atoms with Crippen molar-refractivity contribution in [3.8, 4) is 0 Å². The molecule has 1 aliphatic heterocycles. The van der Waals surface area contributed by atoms with Gasteiger partial charge in [-0.15, -0.1) is 0 Å². The van der Waals surface area contributed by atoms with Crippen LogP contribution in [-0.2, 0) is 4.74 Å². The molecule has 27 heavy (non-hydrogen) atoms. The molecule has 0 radical (unpaired) electrons. The molecule has 1 aromatic carbocycles. The first-order valence-corrected chi connectivity index (χ1v) is 9.93. The number of benzene rings is 1. The second kappa shape index (κ2) is 6.91. The molecule has 0 spiro atoms. The third kappa shape index (κ3) is 3.07. The first kappa shape index (κ1) is 17.9. The number of anilines is 2. The van der Waals surface area contributed by atoms with Crippen LogP contribution in [-0.4, -0.2) is 30.2 Å². The van der Waals surface area contributed by atoms with E-state index in [1.807, 2.05) is 6.92 Å². The summed E-state index contributed by atoms with van der Waals surface area (Å²) < 4.78 is 7.20. The van der Waals surface area contributed by atoms with Crippen molar-refractivity contribution in [2.75, 3.05) is 30.3 Å². The highest BCUT2D eigenvalue weighted by atomic mass is 16.5. The molecule has 1 aliphatic carbocycles. The normalized spacial score (nSPS) is 17.3. The monoisotopic (exact) mass is 369 g/mol. The summed E-state index contributed by atoms with van der Waals surface area (Å²) in [6.45, 7) is 6.02. The van der Waals surface area contributed by atoms with Gasteiger partial charge in [-0.05, 0) is 57.6 Å². The summed E-state index contributed by atoms with van der Waals surface area (Å²) >= 11 is 0. The highest BCUT2D eigenvalue weighted by Crippen LogP contribution is 2.41. The lowest BCUT2D eigenvalue weighted by atomic mass is 10.0. The number of rotatable bonds is 4. The van der Waals surface area contributed by atoms with Gasteiger partial charge in [-0.2, -0.15) is 0 Å². The summed E-state index contributed by atoms with van der Waals surface area (Å²) in [6.07, 6.45) is 7.39. The topological polar surface area (TPSA) is 77.6 Å². The van der Waals surface area contributed by atoms with Crippen LogP contribution in [0.15, 0.2) is 17.1 Å². The molecule has 0 amide bonds. The molecule has 6 nitrogen and oxygen atoms in total. The highest BCUT2D eigenvalue weighted by Gasteiger charge is 2.29. The Morgan fingerprint density at radius 3 is 2.59 bits per heavy atom. The van der Waals surface area contributed by atoms with E-state index >= 15 is 0 Å². The van der Waals surface area contributed by atoms with Crippen LogP contribution in [0.2, 0.25) is 0 Å². The maximum absolute atomic E-state index is 13.0. The zero-order valence-electron chi connectivity index (χ0n) is 16.1. The summed E-state index contributed by atoms with van der Waals surface area (Å²) in [5, 5.41) is 0.517. The van der Waals surface area contributed by atoms with E-state index in [2.05, 4.69) is 9.47 Å². The number of piperidine rings is 1. The van der Waals surface area contributed by atoms with Crippen LogP contribution >= 0.6 is 0 Å². The van der Waals surface area contributed by atoms with Gasteiger partial charge in [0.05, 0.1) is 23.5 Å². The van der Waals surface area contributed by atoms with Crippen LogP contribution in [0.5, 0.6) is 0 Å². The number of pyridine rings is 1. The number of nitrogens with two attached hydrogens (primary N) is 1.